The van der Waals surface area contributed by atoms with Crippen LogP contribution >= 0.6 is 11.6 Å². The Kier molecular flexibility index (Phi) is 12.6. The number of oxazole rings is 1. The van der Waals surface area contributed by atoms with Gasteiger partial charge in [-0.15, -0.1) is 6.58 Å². The monoisotopic (exact) mass is 891 g/mol. The van der Waals surface area contributed by atoms with E-state index in [1.165, 1.54) is 17.2 Å². The Balaban J connectivity index is 1.09. The van der Waals surface area contributed by atoms with Gasteiger partial charge in [0.15, 0.2) is 0 Å². The maximum Gasteiger partial charge on any atom is 0.408 e. The zero-order valence-corrected chi connectivity index (χ0v) is 37.2. The molecule has 340 valence electrons. The number of anilines is 1. The number of morpholine rings is 1. The first-order valence-electron chi connectivity index (χ1n) is 21.9. The quantitative estimate of drug-likeness (QED) is 0.131. The number of ether oxygens (including phenoxy) is 4. The van der Waals surface area contributed by atoms with Gasteiger partial charge in [-0.05, 0) is 68.9 Å². The summed E-state index contributed by atoms with van der Waals surface area (Å²) in [6.45, 7) is 17.1. The van der Waals surface area contributed by atoms with E-state index in [0.29, 0.717) is 78.0 Å². The molecule has 5 fully saturated rings. The summed E-state index contributed by atoms with van der Waals surface area (Å²) < 4.78 is 29.9. The smallest absolute Gasteiger partial charge is 0.408 e. The minimum Gasteiger partial charge on any atom is -0.491 e. The van der Waals surface area contributed by atoms with E-state index in [4.69, 9.17) is 39.9 Å². The highest BCUT2D eigenvalue weighted by molar-refractivity contribution is 6.36. The highest BCUT2D eigenvalue weighted by atomic mass is 35.5. The predicted molar refractivity (Wildman–Crippen MR) is 233 cm³/mol. The Morgan fingerprint density at radius 3 is 2.46 bits per heavy atom. The fraction of sp³-hybridized carbons (Fsp3) is 0.600. The molecule has 17 nitrogen and oxygen atoms in total. The van der Waals surface area contributed by atoms with Crippen molar-refractivity contribution in [1.82, 2.24) is 30.4 Å². The van der Waals surface area contributed by atoms with Crippen LogP contribution in [0.25, 0.3) is 22.3 Å². The van der Waals surface area contributed by atoms with E-state index in [0.717, 1.165) is 32.4 Å². The summed E-state index contributed by atoms with van der Waals surface area (Å²) in [4.78, 5) is 68.0. The SMILES string of the molecule is C=C[C@@H]1CC1(NC(=O)[C@@H]1C[C@@H](Oc2cc(-c3coc(NC(C)C)n3)nc3c(Cl)c(OCCN4CCOCC4)ccc23)CN1C(=O)[C@@H](NC(=O)OC1C[C@@H]2C[C@@H]2C1)C(C)(C)C)C(=O)O. The summed E-state index contributed by atoms with van der Waals surface area (Å²) in [5, 5.41) is 19.7. The zero-order valence-electron chi connectivity index (χ0n) is 36.5. The van der Waals surface area contributed by atoms with Crippen LogP contribution in [0.5, 0.6) is 11.5 Å². The number of hydrogen-bond acceptors (Lipinski definition) is 13. The van der Waals surface area contributed by atoms with Crippen LogP contribution in [0.15, 0.2) is 41.5 Å². The Bertz CT molecular complexity index is 2230. The van der Waals surface area contributed by atoms with E-state index in [1.54, 1.807) is 18.2 Å². The molecule has 18 heteroatoms. The second-order valence-corrected chi connectivity index (χ2v) is 19.3. The third-order valence-electron chi connectivity index (χ3n) is 12.8. The number of carboxylic acid groups (broad SMARTS) is 1. The molecule has 3 amide bonds. The molecule has 2 saturated heterocycles. The number of pyridine rings is 1. The molecule has 0 spiro atoms. The van der Waals surface area contributed by atoms with Crippen molar-refractivity contribution in [3.05, 3.63) is 42.1 Å². The van der Waals surface area contributed by atoms with Gasteiger partial charge in [-0.3, -0.25) is 14.5 Å². The number of benzene rings is 1. The molecule has 8 atom stereocenters. The number of fused-ring (bicyclic) bond motifs is 2. The van der Waals surface area contributed by atoms with Crippen molar-refractivity contribution in [2.75, 3.05) is 51.3 Å². The number of carboxylic acids is 1. The third-order valence-corrected chi connectivity index (χ3v) is 13.2. The Morgan fingerprint density at radius 1 is 1.05 bits per heavy atom. The van der Waals surface area contributed by atoms with Gasteiger partial charge in [-0.1, -0.05) is 38.4 Å². The topological polar surface area (TPSA) is 207 Å². The van der Waals surface area contributed by atoms with E-state index in [-0.39, 0.29) is 36.6 Å². The summed E-state index contributed by atoms with van der Waals surface area (Å²) in [5.41, 5.74) is -1.20. The summed E-state index contributed by atoms with van der Waals surface area (Å²) in [7, 11) is 0. The van der Waals surface area contributed by atoms with Crippen molar-refractivity contribution < 1.29 is 47.6 Å². The number of aromatic nitrogens is 2. The number of halogens is 1. The fourth-order valence-corrected chi connectivity index (χ4v) is 9.37. The molecule has 3 aromatic rings. The van der Waals surface area contributed by atoms with Crippen molar-refractivity contribution in [2.24, 2.45) is 23.2 Å². The van der Waals surface area contributed by atoms with Crippen LogP contribution < -0.4 is 25.4 Å². The normalized spacial score (nSPS) is 27.1. The second-order valence-electron chi connectivity index (χ2n) is 18.9. The lowest BCUT2D eigenvalue weighted by Gasteiger charge is -2.35. The van der Waals surface area contributed by atoms with E-state index in [1.807, 2.05) is 34.6 Å². The first-order valence-corrected chi connectivity index (χ1v) is 22.3. The van der Waals surface area contributed by atoms with Crippen molar-refractivity contribution in [3.63, 3.8) is 0 Å². The number of aliphatic carboxylic acids is 1. The first kappa shape index (κ1) is 44.5. The zero-order chi connectivity index (χ0) is 44.8. The lowest BCUT2D eigenvalue weighted by atomic mass is 9.85. The number of alkyl carbamates (subject to hydrolysis) is 1. The maximum atomic E-state index is 14.8. The Hall–Kier alpha value is -5.13. The standard InChI is InChI=1S/C45H58ClN7O10/c1-7-27-21-45(27,41(56)57)51-39(54)33-19-29(22-53(33)40(55)38(44(4,5)6)50-43(58)63-28-17-25-16-26(25)18-28)62-35-20-31(32-23-61-42(49-32)47-24(2)3)48-37-30(35)8-9-34(36(37)46)60-15-12-52-10-13-59-14-11-52/h7-9,20,23-29,33,38H,1,10-19,21-22H2,2-6H3,(H,47,49)(H,50,58)(H,51,54)(H,56,57)/t25-,26+,27-,28?,29-,33+,38-,45?/m1/s1. The van der Waals surface area contributed by atoms with Gasteiger partial charge in [0.2, 0.25) is 11.8 Å². The Labute approximate surface area is 371 Å². The van der Waals surface area contributed by atoms with Crippen LogP contribution in [0.2, 0.25) is 5.02 Å². The van der Waals surface area contributed by atoms with Gasteiger partial charge in [0.1, 0.15) is 64.9 Å². The maximum absolute atomic E-state index is 14.8. The van der Waals surface area contributed by atoms with Gasteiger partial charge in [0, 0.05) is 49.5 Å². The molecule has 0 bridgehead atoms. The van der Waals surface area contributed by atoms with E-state index < -0.39 is 58.9 Å². The number of nitrogens with one attached hydrogen (secondary N) is 3. The molecule has 63 heavy (non-hydrogen) atoms. The molecule has 4 heterocycles. The molecule has 5 aliphatic rings. The average Bonchev–Trinajstić information content (AvgIpc) is 3.91. The predicted octanol–water partition coefficient (Wildman–Crippen LogP) is 5.51. The van der Waals surface area contributed by atoms with Crippen molar-refractivity contribution in [1.29, 1.82) is 0 Å². The van der Waals surface area contributed by atoms with E-state index in [9.17, 15) is 24.3 Å². The summed E-state index contributed by atoms with van der Waals surface area (Å²) in [6, 6.07) is 3.35. The van der Waals surface area contributed by atoms with Gasteiger partial charge in [-0.25, -0.2) is 14.6 Å². The molecule has 0 radical (unpaired) electrons. The minimum atomic E-state index is -1.55. The molecule has 8 rings (SSSR count). The molecule has 2 aliphatic heterocycles. The second kappa shape index (κ2) is 17.8. The van der Waals surface area contributed by atoms with Crippen LogP contribution in [0.4, 0.5) is 10.8 Å². The number of likely N-dealkylation sites (tertiary alicyclic amines) is 1. The first-order chi connectivity index (χ1) is 30.0. The summed E-state index contributed by atoms with van der Waals surface area (Å²) >= 11 is 7.07. The Morgan fingerprint density at radius 2 is 1.79 bits per heavy atom. The number of rotatable bonds is 16. The van der Waals surface area contributed by atoms with E-state index in [2.05, 4.69) is 32.4 Å². The fourth-order valence-electron chi connectivity index (χ4n) is 9.11. The summed E-state index contributed by atoms with van der Waals surface area (Å²) in [6.07, 6.45) is 4.24. The van der Waals surface area contributed by atoms with Gasteiger partial charge in [-0.2, -0.15) is 4.98 Å². The molecule has 3 saturated carbocycles. The summed E-state index contributed by atoms with van der Waals surface area (Å²) in [5.74, 6) is -0.911. The minimum absolute atomic E-state index is 0.000220. The van der Waals surface area contributed by atoms with Crippen LogP contribution in [-0.2, 0) is 23.9 Å². The number of carbonyl (C=O) groups excluding carboxylic acids is 3. The third kappa shape index (κ3) is 9.70. The molecule has 1 aromatic carbocycles. The molecule has 2 aromatic heterocycles. The molecular formula is C45H58ClN7O10. The molecule has 3 aliphatic carbocycles. The number of nitrogens with zero attached hydrogens (tertiary/aromatic N) is 4. The van der Waals surface area contributed by atoms with Gasteiger partial charge in [0.05, 0.1) is 31.0 Å². The number of hydrogen-bond donors (Lipinski definition) is 4. The van der Waals surface area contributed by atoms with Crippen molar-refractivity contribution >= 4 is 52.4 Å². The van der Waals surface area contributed by atoms with Crippen LogP contribution in [0.1, 0.15) is 66.7 Å². The van der Waals surface area contributed by atoms with Crippen LogP contribution in [0, 0.1) is 23.2 Å². The molecule has 2 unspecified atom stereocenters. The molecular weight excluding hydrogens is 834 g/mol. The van der Waals surface area contributed by atoms with E-state index >= 15 is 0 Å². The van der Waals surface area contributed by atoms with Crippen LogP contribution in [-0.4, -0.2) is 131 Å². The van der Waals surface area contributed by atoms with Gasteiger partial charge >= 0.3 is 12.1 Å². The van der Waals surface area contributed by atoms with Gasteiger partial charge < -0.3 is 49.3 Å². The van der Waals surface area contributed by atoms with Crippen molar-refractivity contribution in [2.45, 2.75) is 103 Å². The molecule has 4 N–H and O–H groups in total. The highest BCUT2D eigenvalue weighted by Crippen LogP contribution is 2.52. The van der Waals surface area contributed by atoms with Crippen LogP contribution in [0.3, 0.4) is 0 Å². The lowest BCUT2D eigenvalue weighted by Crippen LogP contribution is -2.59. The van der Waals surface area contributed by atoms with Gasteiger partial charge in [0.25, 0.3) is 6.01 Å². The largest absolute Gasteiger partial charge is 0.491 e. The average molecular weight is 892 g/mol. The number of amides is 3. The van der Waals surface area contributed by atoms with Crippen molar-refractivity contribution in [3.8, 4) is 22.9 Å². The number of carbonyl (C=O) groups is 4. The highest BCUT2D eigenvalue weighted by Gasteiger charge is 2.61. The lowest BCUT2D eigenvalue weighted by molar-refractivity contribution is -0.146.